The van der Waals surface area contributed by atoms with Gasteiger partial charge in [-0.15, -0.1) is 0 Å². The standard InChI is InChI=1S/C25H36O8/c1-6-7-8-9-10-11-12-13-14-15-21-24(32-19(4)28)22(30-17(2)26)16-23(31-18(3)27)25(21)33-20(5)29/h16H,6-15H2,1-5H3. The molecule has 1 aromatic carbocycles. The summed E-state index contributed by atoms with van der Waals surface area (Å²) < 4.78 is 21.1. The van der Waals surface area contributed by atoms with Gasteiger partial charge in [-0.25, -0.2) is 0 Å². The summed E-state index contributed by atoms with van der Waals surface area (Å²) in [6, 6.07) is 1.21. The summed E-state index contributed by atoms with van der Waals surface area (Å²) >= 11 is 0. The number of rotatable bonds is 14. The average Bonchev–Trinajstić information content (AvgIpc) is 2.69. The van der Waals surface area contributed by atoms with Gasteiger partial charge in [0.25, 0.3) is 0 Å². The van der Waals surface area contributed by atoms with Crippen LogP contribution >= 0.6 is 0 Å². The minimum atomic E-state index is -0.647. The zero-order valence-corrected chi connectivity index (χ0v) is 20.4. The number of hydrogen-bond acceptors (Lipinski definition) is 8. The summed E-state index contributed by atoms with van der Waals surface area (Å²) in [5, 5.41) is 0. The Hall–Kier alpha value is -2.90. The maximum Gasteiger partial charge on any atom is 0.308 e. The molecule has 1 rings (SSSR count). The van der Waals surface area contributed by atoms with Crippen LogP contribution in [0, 0.1) is 0 Å². The van der Waals surface area contributed by atoms with Crippen molar-refractivity contribution in [2.75, 3.05) is 0 Å². The van der Waals surface area contributed by atoms with Gasteiger partial charge in [0.1, 0.15) is 0 Å². The van der Waals surface area contributed by atoms with Crippen LogP contribution in [0.3, 0.4) is 0 Å². The molecule has 0 saturated carbocycles. The van der Waals surface area contributed by atoms with E-state index in [-0.39, 0.29) is 23.0 Å². The molecule has 0 aliphatic heterocycles. The lowest BCUT2D eigenvalue weighted by atomic mass is 10.0. The number of benzene rings is 1. The lowest BCUT2D eigenvalue weighted by Crippen LogP contribution is -2.14. The van der Waals surface area contributed by atoms with Crippen LogP contribution in [0.5, 0.6) is 23.0 Å². The van der Waals surface area contributed by atoms with Gasteiger partial charge in [-0.1, -0.05) is 58.3 Å². The molecule has 1 aromatic rings. The molecule has 0 unspecified atom stereocenters. The van der Waals surface area contributed by atoms with Crippen molar-refractivity contribution < 1.29 is 38.1 Å². The first kappa shape index (κ1) is 28.1. The molecule has 0 aromatic heterocycles. The van der Waals surface area contributed by atoms with Gasteiger partial charge in [-0.3, -0.25) is 19.2 Å². The molecule has 184 valence electrons. The van der Waals surface area contributed by atoms with E-state index in [1.165, 1.54) is 65.9 Å². The van der Waals surface area contributed by atoms with E-state index in [0.29, 0.717) is 18.4 Å². The molecule has 0 aliphatic carbocycles. The molecular weight excluding hydrogens is 428 g/mol. The maximum absolute atomic E-state index is 11.8. The average molecular weight is 465 g/mol. The molecule has 8 heteroatoms. The topological polar surface area (TPSA) is 105 Å². The normalized spacial score (nSPS) is 10.5. The minimum absolute atomic E-state index is 0.0237. The second-order valence-corrected chi connectivity index (χ2v) is 7.96. The second kappa shape index (κ2) is 15.0. The lowest BCUT2D eigenvalue weighted by Gasteiger charge is -2.19. The maximum atomic E-state index is 11.8. The molecule has 0 N–H and O–H groups in total. The Morgan fingerprint density at radius 3 is 1.30 bits per heavy atom. The van der Waals surface area contributed by atoms with Gasteiger partial charge < -0.3 is 18.9 Å². The third-order valence-electron chi connectivity index (χ3n) is 4.79. The van der Waals surface area contributed by atoms with Crippen molar-refractivity contribution in [2.24, 2.45) is 0 Å². The van der Waals surface area contributed by atoms with Crippen LogP contribution in [-0.2, 0) is 25.6 Å². The van der Waals surface area contributed by atoms with Crippen molar-refractivity contribution in [1.29, 1.82) is 0 Å². The van der Waals surface area contributed by atoms with Crippen molar-refractivity contribution >= 4 is 23.9 Å². The van der Waals surface area contributed by atoms with E-state index in [9.17, 15) is 19.2 Å². The highest BCUT2D eigenvalue weighted by Crippen LogP contribution is 2.46. The quantitative estimate of drug-likeness (QED) is 0.203. The number of ether oxygens (including phenoxy) is 4. The number of carbonyl (C=O) groups is 4. The van der Waals surface area contributed by atoms with Crippen LogP contribution in [0.15, 0.2) is 6.07 Å². The number of esters is 4. The molecule has 0 heterocycles. The van der Waals surface area contributed by atoms with Gasteiger partial charge in [-0.05, 0) is 12.8 Å². The largest absolute Gasteiger partial charge is 0.423 e. The fraction of sp³-hybridized carbons (Fsp3) is 0.600. The van der Waals surface area contributed by atoms with E-state index >= 15 is 0 Å². The summed E-state index contributed by atoms with van der Waals surface area (Å²) in [5.41, 5.74) is 0.332. The van der Waals surface area contributed by atoms with Crippen LogP contribution in [0.2, 0.25) is 0 Å². The first-order valence-electron chi connectivity index (χ1n) is 11.6. The molecule has 0 aliphatic rings. The van der Waals surface area contributed by atoms with Gasteiger partial charge in [-0.2, -0.15) is 0 Å². The van der Waals surface area contributed by atoms with E-state index < -0.39 is 23.9 Å². The molecule has 0 bridgehead atoms. The van der Waals surface area contributed by atoms with E-state index in [0.717, 1.165) is 19.3 Å². The van der Waals surface area contributed by atoms with Crippen molar-refractivity contribution in [1.82, 2.24) is 0 Å². The Morgan fingerprint density at radius 1 is 0.576 bits per heavy atom. The highest BCUT2D eigenvalue weighted by Gasteiger charge is 2.26. The van der Waals surface area contributed by atoms with Crippen molar-refractivity contribution in [3.8, 4) is 23.0 Å². The molecule has 0 fully saturated rings. The SMILES string of the molecule is CCCCCCCCCCCc1c(OC(C)=O)c(OC(C)=O)cc(OC(C)=O)c1OC(C)=O. The molecular formula is C25H36O8. The van der Waals surface area contributed by atoms with Crippen LogP contribution in [0.1, 0.15) is 98.0 Å². The van der Waals surface area contributed by atoms with E-state index in [1.807, 2.05) is 0 Å². The summed E-state index contributed by atoms with van der Waals surface area (Å²) in [4.78, 5) is 46.8. The fourth-order valence-electron chi connectivity index (χ4n) is 3.46. The minimum Gasteiger partial charge on any atom is -0.423 e. The predicted molar refractivity (Wildman–Crippen MR) is 123 cm³/mol. The number of unbranched alkanes of at least 4 members (excludes halogenated alkanes) is 8. The molecule has 0 atom stereocenters. The number of hydrogen-bond donors (Lipinski definition) is 0. The smallest absolute Gasteiger partial charge is 0.308 e. The van der Waals surface area contributed by atoms with Crippen LogP contribution < -0.4 is 18.9 Å². The van der Waals surface area contributed by atoms with E-state index in [1.54, 1.807) is 0 Å². The molecule has 0 radical (unpaired) electrons. The Kier molecular flexibility index (Phi) is 12.8. The summed E-state index contributed by atoms with van der Waals surface area (Å²) in [6.45, 7) is 7.01. The predicted octanol–water partition coefficient (Wildman–Crippen LogP) is 5.46. The fourth-order valence-corrected chi connectivity index (χ4v) is 3.46. The summed E-state index contributed by atoms with van der Waals surface area (Å²) in [7, 11) is 0. The Morgan fingerprint density at radius 2 is 0.939 bits per heavy atom. The first-order valence-corrected chi connectivity index (χ1v) is 11.6. The van der Waals surface area contributed by atoms with E-state index in [4.69, 9.17) is 18.9 Å². The van der Waals surface area contributed by atoms with Crippen LogP contribution in [0.25, 0.3) is 0 Å². The lowest BCUT2D eigenvalue weighted by molar-refractivity contribution is -0.135. The molecule has 33 heavy (non-hydrogen) atoms. The van der Waals surface area contributed by atoms with Gasteiger partial charge in [0.2, 0.25) is 0 Å². The molecule has 0 saturated heterocycles. The zero-order chi connectivity index (χ0) is 24.8. The van der Waals surface area contributed by atoms with Gasteiger partial charge in [0.15, 0.2) is 23.0 Å². The second-order valence-electron chi connectivity index (χ2n) is 7.96. The van der Waals surface area contributed by atoms with E-state index in [2.05, 4.69) is 6.92 Å². The van der Waals surface area contributed by atoms with Crippen molar-refractivity contribution in [2.45, 2.75) is 98.8 Å². The third kappa shape index (κ3) is 11.0. The summed E-state index contributed by atoms with van der Waals surface area (Å²) in [5.74, 6) is -2.78. The monoisotopic (exact) mass is 464 g/mol. The molecule has 0 amide bonds. The van der Waals surface area contributed by atoms with Gasteiger partial charge >= 0.3 is 23.9 Å². The van der Waals surface area contributed by atoms with Gasteiger partial charge in [0.05, 0.1) is 0 Å². The summed E-state index contributed by atoms with van der Waals surface area (Å²) in [6.07, 6.45) is 10.3. The van der Waals surface area contributed by atoms with Crippen molar-refractivity contribution in [3.05, 3.63) is 11.6 Å². The van der Waals surface area contributed by atoms with Crippen molar-refractivity contribution in [3.63, 3.8) is 0 Å². The first-order chi connectivity index (χ1) is 15.6. The van der Waals surface area contributed by atoms with Crippen LogP contribution in [-0.4, -0.2) is 23.9 Å². The Balaban J connectivity index is 3.18. The molecule has 0 spiro atoms. The zero-order valence-electron chi connectivity index (χ0n) is 20.4. The Labute approximate surface area is 195 Å². The highest BCUT2D eigenvalue weighted by molar-refractivity contribution is 5.80. The number of carbonyl (C=O) groups excluding carboxylic acids is 4. The van der Waals surface area contributed by atoms with Gasteiger partial charge in [0, 0.05) is 39.3 Å². The van der Waals surface area contributed by atoms with Crippen LogP contribution in [0.4, 0.5) is 0 Å². The third-order valence-corrected chi connectivity index (χ3v) is 4.79. The highest BCUT2D eigenvalue weighted by atomic mass is 16.6. The molecule has 8 nitrogen and oxygen atoms in total. The Bertz CT molecular complexity index is 774.